The van der Waals surface area contributed by atoms with Gasteiger partial charge in [0.15, 0.2) is 0 Å². The number of thiophene rings is 1. The SMILES string of the molecule is CC(Cc1cccs1)N(C)C(C)CC1COCCN1. The Morgan fingerprint density at radius 3 is 2.95 bits per heavy atom. The number of hydrogen-bond donors (Lipinski definition) is 1. The second-order valence-corrected chi connectivity index (χ2v) is 6.64. The number of ether oxygens (including phenoxy) is 1. The fourth-order valence-corrected chi connectivity index (χ4v) is 3.47. The van der Waals surface area contributed by atoms with Gasteiger partial charge in [-0.05, 0) is 45.2 Å². The number of rotatable bonds is 6. The van der Waals surface area contributed by atoms with Gasteiger partial charge in [-0.2, -0.15) is 0 Å². The first-order chi connectivity index (χ1) is 9.16. The predicted molar refractivity (Wildman–Crippen MR) is 81.9 cm³/mol. The van der Waals surface area contributed by atoms with E-state index in [2.05, 4.69) is 48.6 Å². The molecule has 3 nitrogen and oxygen atoms in total. The first kappa shape index (κ1) is 15.0. The molecule has 0 radical (unpaired) electrons. The Labute approximate surface area is 121 Å². The summed E-state index contributed by atoms with van der Waals surface area (Å²) in [4.78, 5) is 3.97. The summed E-state index contributed by atoms with van der Waals surface area (Å²) in [5.41, 5.74) is 0. The molecule has 1 N–H and O–H groups in total. The second-order valence-electron chi connectivity index (χ2n) is 5.61. The molecule has 0 aliphatic carbocycles. The Morgan fingerprint density at radius 1 is 1.47 bits per heavy atom. The van der Waals surface area contributed by atoms with Crippen molar-refractivity contribution in [3.05, 3.63) is 22.4 Å². The van der Waals surface area contributed by atoms with Crippen molar-refractivity contribution in [2.45, 2.75) is 44.8 Å². The molecule has 2 heterocycles. The van der Waals surface area contributed by atoms with E-state index >= 15 is 0 Å². The van der Waals surface area contributed by atoms with Gasteiger partial charge in [0.05, 0.1) is 13.2 Å². The molecular formula is C15H26N2OS. The third kappa shape index (κ3) is 4.56. The zero-order chi connectivity index (χ0) is 13.7. The summed E-state index contributed by atoms with van der Waals surface area (Å²) in [7, 11) is 2.24. The van der Waals surface area contributed by atoms with Crippen molar-refractivity contribution in [3.8, 4) is 0 Å². The van der Waals surface area contributed by atoms with Crippen LogP contribution in [0.5, 0.6) is 0 Å². The van der Waals surface area contributed by atoms with Crippen LogP contribution in [-0.4, -0.2) is 49.8 Å². The first-order valence-electron chi connectivity index (χ1n) is 7.22. The molecule has 1 aromatic rings. The highest BCUT2D eigenvalue weighted by Gasteiger charge is 2.21. The minimum atomic E-state index is 0.514. The Morgan fingerprint density at radius 2 is 2.32 bits per heavy atom. The van der Waals surface area contributed by atoms with Crippen molar-refractivity contribution in [2.24, 2.45) is 0 Å². The molecule has 0 saturated carbocycles. The molecule has 4 heteroatoms. The summed E-state index contributed by atoms with van der Waals surface area (Å²) in [5, 5.41) is 5.70. The smallest absolute Gasteiger partial charge is 0.0620 e. The molecule has 19 heavy (non-hydrogen) atoms. The summed E-state index contributed by atoms with van der Waals surface area (Å²) in [5.74, 6) is 0. The van der Waals surface area contributed by atoms with Crippen LogP contribution in [0, 0.1) is 0 Å². The van der Waals surface area contributed by atoms with E-state index < -0.39 is 0 Å². The van der Waals surface area contributed by atoms with E-state index in [-0.39, 0.29) is 0 Å². The number of likely N-dealkylation sites (N-methyl/N-ethyl adjacent to an activating group) is 1. The van der Waals surface area contributed by atoms with Gasteiger partial charge in [0.2, 0.25) is 0 Å². The molecule has 3 unspecified atom stereocenters. The van der Waals surface area contributed by atoms with Crippen LogP contribution < -0.4 is 5.32 Å². The highest BCUT2D eigenvalue weighted by molar-refractivity contribution is 7.09. The van der Waals surface area contributed by atoms with Gasteiger partial charge in [0.1, 0.15) is 0 Å². The van der Waals surface area contributed by atoms with Crippen LogP contribution in [0.15, 0.2) is 17.5 Å². The third-order valence-corrected chi connectivity index (χ3v) is 4.99. The monoisotopic (exact) mass is 282 g/mol. The van der Waals surface area contributed by atoms with Crippen LogP contribution >= 0.6 is 11.3 Å². The van der Waals surface area contributed by atoms with Gasteiger partial charge in [-0.15, -0.1) is 11.3 Å². The van der Waals surface area contributed by atoms with Crippen molar-refractivity contribution in [1.82, 2.24) is 10.2 Å². The molecule has 2 rings (SSSR count). The van der Waals surface area contributed by atoms with Crippen molar-refractivity contribution >= 4 is 11.3 Å². The first-order valence-corrected chi connectivity index (χ1v) is 8.10. The Kier molecular flexibility index (Phi) is 5.82. The molecular weight excluding hydrogens is 256 g/mol. The highest BCUT2D eigenvalue weighted by atomic mass is 32.1. The second kappa shape index (κ2) is 7.39. The number of hydrogen-bond acceptors (Lipinski definition) is 4. The Balaban J connectivity index is 1.78. The van der Waals surface area contributed by atoms with E-state index in [0.717, 1.165) is 32.6 Å². The lowest BCUT2D eigenvalue weighted by atomic mass is 10.0. The maximum Gasteiger partial charge on any atom is 0.0620 e. The molecule has 1 aliphatic rings. The fourth-order valence-electron chi connectivity index (χ4n) is 2.65. The van der Waals surface area contributed by atoms with E-state index in [4.69, 9.17) is 4.74 Å². The van der Waals surface area contributed by atoms with Gasteiger partial charge in [0.25, 0.3) is 0 Å². The van der Waals surface area contributed by atoms with Gasteiger partial charge >= 0.3 is 0 Å². The minimum absolute atomic E-state index is 0.514. The normalized spacial score (nSPS) is 23.5. The Bertz CT molecular complexity index is 349. The summed E-state index contributed by atoms with van der Waals surface area (Å²) in [6.45, 7) is 7.35. The molecule has 0 bridgehead atoms. The quantitative estimate of drug-likeness (QED) is 0.867. The number of nitrogens with zero attached hydrogens (tertiary/aromatic N) is 1. The summed E-state index contributed by atoms with van der Waals surface area (Å²) in [6, 6.07) is 6.04. The van der Waals surface area contributed by atoms with Crippen molar-refractivity contribution in [3.63, 3.8) is 0 Å². The van der Waals surface area contributed by atoms with Crippen LogP contribution in [-0.2, 0) is 11.2 Å². The lowest BCUT2D eigenvalue weighted by Gasteiger charge is -2.34. The molecule has 1 aromatic heterocycles. The maximum absolute atomic E-state index is 5.53. The largest absolute Gasteiger partial charge is 0.379 e. The number of morpholine rings is 1. The predicted octanol–water partition coefficient (Wildman–Crippen LogP) is 2.38. The van der Waals surface area contributed by atoms with E-state index in [1.165, 1.54) is 4.88 Å². The zero-order valence-corrected chi connectivity index (χ0v) is 13.1. The van der Waals surface area contributed by atoms with E-state index in [9.17, 15) is 0 Å². The van der Waals surface area contributed by atoms with Gasteiger partial charge in [-0.3, -0.25) is 0 Å². The summed E-state index contributed by atoms with van der Waals surface area (Å²) < 4.78 is 5.53. The molecule has 1 aliphatic heterocycles. The van der Waals surface area contributed by atoms with Gasteiger partial charge in [0, 0.05) is 29.5 Å². The molecule has 1 fully saturated rings. The standard InChI is InChI=1S/C15H26N2OS/c1-12(9-14-11-18-7-6-16-14)17(3)13(2)10-15-5-4-8-19-15/h4-5,8,12-14,16H,6-7,9-11H2,1-3H3. The van der Waals surface area contributed by atoms with Crippen molar-refractivity contribution in [2.75, 3.05) is 26.8 Å². The third-order valence-electron chi connectivity index (χ3n) is 4.09. The molecule has 3 atom stereocenters. The van der Waals surface area contributed by atoms with Crippen molar-refractivity contribution < 1.29 is 4.74 Å². The topological polar surface area (TPSA) is 24.5 Å². The van der Waals surface area contributed by atoms with Crippen LogP contribution in [0.3, 0.4) is 0 Å². The molecule has 0 amide bonds. The van der Waals surface area contributed by atoms with Gasteiger partial charge < -0.3 is 15.0 Å². The van der Waals surface area contributed by atoms with E-state index in [1.54, 1.807) is 0 Å². The summed E-state index contributed by atoms with van der Waals surface area (Å²) in [6.07, 6.45) is 2.30. The van der Waals surface area contributed by atoms with Gasteiger partial charge in [-0.1, -0.05) is 6.07 Å². The van der Waals surface area contributed by atoms with Crippen LogP contribution in [0.2, 0.25) is 0 Å². The van der Waals surface area contributed by atoms with E-state index in [0.29, 0.717) is 18.1 Å². The van der Waals surface area contributed by atoms with Crippen LogP contribution in [0.1, 0.15) is 25.1 Å². The molecule has 0 aromatic carbocycles. The fraction of sp³-hybridized carbons (Fsp3) is 0.733. The molecule has 1 saturated heterocycles. The average Bonchev–Trinajstić information content (AvgIpc) is 2.91. The average molecular weight is 282 g/mol. The lowest BCUT2D eigenvalue weighted by molar-refractivity contribution is 0.0609. The van der Waals surface area contributed by atoms with Crippen molar-refractivity contribution in [1.29, 1.82) is 0 Å². The number of nitrogens with one attached hydrogen (secondary N) is 1. The zero-order valence-electron chi connectivity index (χ0n) is 12.3. The molecule has 0 spiro atoms. The van der Waals surface area contributed by atoms with E-state index in [1.807, 2.05) is 11.3 Å². The van der Waals surface area contributed by atoms with Crippen LogP contribution in [0.4, 0.5) is 0 Å². The maximum atomic E-state index is 5.53. The van der Waals surface area contributed by atoms with Crippen LogP contribution in [0.25, 0.3) is 0 Å². The lowest BCUT2D eigenvalue weighted by Crippen LogP contribution is -2.47. The summed E-state index contributed by atoms with van der Waals surface area (Å²) >= 11 is 1.86. The minimum Gasteiger partial charge on any atom is -0.379 e. The molecule has 108 valence electrons. The Hall–Kier alpha value is -0.420. The van der Waals surface area contributed by atoms with Gasteiger partial charge in [-0.25, -0.2) is 0 Å². The highest BCUT2D eigenvalue weighted by Crippen LogP contribution is 2.17.